The summed E-state index contributed by atoms with van der Waals surface area (Å²) >= 11 is 3.35. The van der Waals surface area contributed by atoms with Gasteiger partial charge >= 0.3 is 5.97 Å². The third kappa shape index (κ3) is 3.44. The van der Waals surface area contributed by atoms with Gasteiger partial charge in [0.1, 0.15) is 0 Å². The molecule has 0 aliphatic heterocycles. The van der Waals surface area contributed by atoms with Crippen LogP contribution in [0.4, 0.5) is 0 Å². The second-order valence-electron chi connectivity index (χ2n) is 5.46. The van der Waals surface area contributed by atoms with Gasteiger partial charge in [0.2, 0.25) is 0 Å². The third-order valence-corrected chi connectivity index (χ3v) is 3.93. The Morgan fingerprint density at radius 3 is 2.74 bits per heavy atom. The van der Waals surface area contributed by atoms with Crippen molar-refractivity contribution < 1.29 is 9.53 Å². The Balaban J connectivity index is 2.29. The van der Waals surface area contributed by atoms with Crippen molar-refractivity contribution in [1.29, 1.82) is 0 Å². The molecule has 1 saturated carbocycles. The summed E-state index contributed by atoms with van der Waals surface area (Å²) in [6.07, 6.45) is 4.81. The van der Waals surface area contributed by atoms with Crippen molar-refractivity contribution in [3.63, 3.8) is 0 Å². The van der Waals surface area contributed by atoms with Crippen molar-refractivity contribution in [2.24, 2.45) is 11.3 Å². The number of carbonyl (C=O) groups excluding carboxylic acids is 1. The Kier molecular flexibility index (Phi) is 4.09. The fourth-order valence-electron chi connectivity index (χ4n) is 2.00. The fraction of sp³-hybridized carbons (Fsp3) is 0.467. The van der Waals surface area contributed by atoms with Crippen LogP contribution < -0.4 is 0 Å². The average Bonchev–Trinajstić information content (AvgIpc) is 2.95. The number of halogens is 1. The van der Waals surface area contributed by atoms with E-state index in [4.69, 9.17) is 4.74 Å². The van der Waals surface area contributed by atoms with Gasteiger partial charge in [0.05, 0.1) is 17.9 Å². The van der Waals surface area contributed by atoms with E-state index in [0.29, 0.717) is 23.8 Å². The van der Waals surface area contributed by atoms with Crippen LogP contribution in [0, 0.1) is 11.3 Å². The second-order valence-corrected chi connectivity index (χ2v) is 6.38. The van der Waals surface area contributed by atoms with Gasteiger partial charge in [-0.15, -0.1) is 0 Å². The standard InChI is InChI=1S/C15H18BrNO2/c1-4-19-14(18)12(7-10-8-15(10,2)3)13-6-5-11(16)9-17-13/h5-7,9-10H,4,8H2,1-3H3. The molecule has 0 spiro atoms. The molecule has 2 rings (SSSR count). The summed E-state index contributed by atoms with van der Waals surface area (Å²) in [5, 5.41) is 0. The van der Waals surface area contributed by atoms with Gasteiger partial charge < -0.3 is 4.74 Å². The highest BCUT2D eigenvalue weighted by Crippen LogP contribution is 2.53. The van der Waals surface area contributed by atoms with E-state index in [-0.39, 0.29) is 11.4 Å². The van der Waals surface area contributed by atoms with Crippen molar-refractivity contribution in [2.45, 2.75) is 27.2 Å². The molecule has 1 aromatic rings. The van der Waals surface area contributed by atoms with Crippen molar-refractivity contribution in [2.75, 3.05) is 6.61 Å². The minimum Gasteiger partial charge on any atom is -0.462 e. The average molecular weight is 324 g/mol. The number of hydrogen-bond donors (Lipinski definition) is 0. The Bertz CT molecular complexity index is 505. The molecule has 1 unspecified atom stereocenters. The van der Waals surface area contributed by atoms with Crippen LogP contribution in [0.5, 0.6) is 0 Å². The van der Waals surface area contributed by atoms with Gasteiger partial charge in [-0.1, -0.05) is 19.9 Å². The van der Waals surface area contributed by atoms with Crippen LogP contribution >= 0.6 is 15.9 Å². The van der Waals surface area contributed by atoms with E-state index in [2.05, 4.69) is 34.8 Å². The maximum atomic E-state index is 12.1. The smallest absolute Gasteiger partial charge is 0.340 e. The molecule has 1 aliphatic carbocycles. The molecule has 0 aromatic carbocycles. The normalized spacial score (nSPS) is 21.1. The van der Waals surface area contributed by atoms with Gasteiger partial charge in [-0.05, 0) is 52.7 Å². The van der Waals surface area contributed by atoms with Gasteiger partial charge in [-0.2, -0.15) is 0 Å². The molecule has 1 fully saturated rings. The first-order chi connectivity index (χ1) is 8.94. The molecule has 1 heterocycles. The number of rotatable bonds is 4. The zero-order chi connectivity index (χ0) is 14.0. The van der Waals surface area contributed by atoms with E-state index in [0.717, 1.165) is 10.9 Å². The maximum Gasteiger partial charge on any atom is 0.340 e. The number of aromatic nitrogens is 1. The van der Waals surface area contributed by atoms with Crippen LogP contribution in [0.1, 0.15) is 32.9 Å². The first-order valence-corrected chi connectivity index (χ1v) is 7.24. The van der Waals surface area contributed by atoms with E-state index >= 15 is 0 Å². The van der Waals surface area contributed by atoms with Gasteiger partial charge in [0.25, 0.3) is 0 Å². The first-order valence-electron chi connectivity index (χ1n) is 6.45. The Morgan fingerprint density at radius 2 is 2.26 bits per heavy atom. The summed E-state index contributed by atoms with van der Waals surface area (Å²) in [5.41, 5.74) is 1.53. The van der Waals surface area contributed by atoms with Crippen LogP contribution in [0.15, 0.2) is 28.9 Å². The van der Waals surface area contributed by atoms with E-state index in [1.165, 1.54) is 0 Å². The lowest BCUT2D eigenvalue weighted by atomic mass is 10.1. The molecular weight excluding hydrogens is 306 g/mol. The number of allylic oxidation sites excluding steroid dienone is 1. The zero-order valence-electron chi connectivity index (χ0n) is 11.4. The topological polar surface area (TPSA) is 39.2 Å². The van der Waals surface area contributed by atoms with Crippen LogP contribution in [-0.2, 0) is 9.53 Å². The quantitative estimate of drug-likeness (QED) is 0.624. The van der Waals surface area contributed by atoms with E-state index in [1.807, 2.05) is 25.1 Å². The lowest BCUT2D eigenvalue weighted by Gasteiger charge is -2.07. The molecule has 19 heavy (non-hydrogen) atoms. The molecule has 0 bridgehead atoms. The van der Waals surface area contributed by atoms with Crippen LogP contribution in [0.2, 0.25) is 0 Å². The maximum absolute atomic E-state index is 12.1. The van der Waals surface area contributed by atoms with E-state index < -0.39 is 0 Å². The Labute approximate surface area is 122 Å². The number of ether oxygens (including phenoxy) is 1. The van der Waals surface area contributed by atoms with Crippen molar-refractivity contribution in [1.82, 2.24) is 4.98 Å². The van der Waals surface area contributed by atoms with Gasteiger partial charge in [-0.3, -0.25) is 4.98 Å². The van der Waals surface area contributed by atoms with Gasteiger partial charge in [0.15, 0.2) is 0 Å². The lowest BCUT2D eigenvalue weighted by molar-refractivity contribution is -0.136. The molecule has 0 radical (unpaired) electrons. The van der Waals surface area contributed by atoms with E-state index in [9.17, 15) is 4.79 Å². The lowest BCUT2D eigenvalue weighted by Crippen LogP contribution is -2.08. The summed E-state index contributed by atoms with van der Waals surface area (Å²) in [6, 6.07) is 3.72. The molecule has 1 atom stereocenters. The molecular formula is C15H18BrNO2. The largest absolute Gasteiger partial charge is 0.462 e. The molecule has 1 aromatic heterocycles. The van der Waals surface area contributed by atoms with Crippen molar-refractivity contribution in [3.05, 3.63) is 34.6 Å². The van der Waals surface area contributed by atoms with Crippen molar-refractivity contribution >= 4 is 27.5 Å². The molecule has 4 heteroatoms. The number of pyridine rings is 1. The number of esters is 1. The van der Waals surface area contributed by atoms with Crippen molar-refractivity contribution in [3.8, 4) is 0 Å². The second kappa shape index (κ2) is 5.45. The Hall–Kier alpha value is -1.16. The molecule has 0 N–H and O–H groups in total. The molecule has 102 valence electrons. The summed E-state index contributed by atoms with van der Waals surface area (Å²) in [6.45, 7) is 6.59. The summed E-state index contributed by atoms with van der Waals surface area (Å²) < 4.78 is 6.02. The zero-order valence-corrected chi connectivity index (χ0v) is 13.0. The summed E-state index contributed by atoms with van der Waals surface area (Å²) in [5.74, 6) is 0.136. The van der Waals surface area contributed by atoms with Crippen LogP contribution in [-0.4, -0.2) is 17.6 Å². The third-order valence-electron chi connectivity index (χ3n) is 3.46. The predicted octanol–water partition coefficient (Wildman–Crippen LogP) is 3.84. The number of carbonyl (C=O) groups is 1. The highest BCUT2D eigenvalue weighted by atomic mass is 79.9. The predicted molar refractivity (Wildman–Crippen MR) is 78.4 cm³/mol. The summed E-state index contributed by atoms with van der Waals surface area (Å²) in [7, 11) is 0. The monoisotopic (exact) mass is 323 g/mol. The highest BCUT2D eigenvalue weighted by molar-refractivity contribution is 9.10. The molecule has 1 aliphatic rings. The highest BCUT2D eigenvalue weighted by Gasteiger charge is 2.44. The van der Waals surface area contributed by atoms with E-state index in [1.54, 1.807) is 6.20 Å². The molecule has 0 amide bonds. The first kappa shape index (κ1) is 14.3. The molecule has 0 saturated heterocycles. The Morgan fingerprint density at radius 1 is 1.58 bits per heavy atom. The summed E-state index contributed by atoms with van der Waals surface area (Å²) in [4.78, 5) is 16.4. The van der Waals surface area contributed by atoms with Crippen LogP contribution in [0.25, 0.3) is 5.57 Å². The molecule has 3 nitrogen and oxygen atoms in total. The minimum absolute atomic E-state index is 0.285. The number of hydrogen-bond acceptors (Lipinski definition) is 3. The van der Waals surface area contributed by atoms with Crippen LogP contribution in [0.3, 0.4) is 0 Å². The van der Waals surface area contributed by atoms with Gasteiger partial charge in [0, 0.05) is 10.7 Å². The van der Waals surface area contributed by atoms with Gasteiger partial charge in [-0.25, -0.2) is 4.79 Å². The number of nitrogens with zero attached hydrogens (tertiary/aromatic N) is 1. The minimum atomic E-state index is -0.292. The fourth-order valence-corrected chi connectivity index (χ4v) is 2.23. The SMILES string of the molecule is CCOC(=O)C(=CC1CC1(C)C)c1ccc(Br)cn1.